The summed E-state index contributed by atoms with van der Waals surface area (Å²) in [5, 5.41) is 4.18. The lowest BCUT2D eigenvalue weighted by Gasteiger charge is -2.25. The molecule has 0 unspecified atom stereocenters. The van der Waals surface area contributed by atoms with E-state index < -0.39 is 6.43 Å². The maximum absolute atomic E-state index is 13.4. The van der Waals surface area contributed by atoms with Crippen LogP contribution in [0.25, 0.3) is 5.78 Å². The third-order valence-electron chi connectivity index (χ3n) is 5.83. The van der Waals surface area contributed by atoms with Crippen LogP contribution < -0.4 is 0 Å². The lowest BCUT2D eigenvalue weighted by atomic mass is 9.92. The summed E-state index contributed by atoms with van der Waals surface area (Å²) >= 11 is 4.35. The van der Waals surface area contributed by atoms with E-state index in [1.54, 1.807) is 12.1 Å². The number of thiol groups is 1. The van der Waals surface area contributed by atoms with Crippen molar-refractivity contribution in [2.75, 3.05) is 18.8 Å². The number of hydrogen-bond acceptors (Lipinski definition) is 6. The number of halogens is 2. The average molecular weight is 491 g/mol. The molecule has 0 fully saturated rings. The number of hydrogen-bond donors (Lipinski definition) is 1. The molecule has 0 saturated carbocycles. The van der Waals surface area contributed by atoms with Crippen molar-refractivity contribution in [3.8, 4) is 0 Å². The smallest absolute Gasteiger partial charge is 0.280 e. The molecule has 0 aromatic carbocycles. The average Bonchev–Trinajstić information content (AvgIpc) is 3.27. The molecular weight excluding hydrogens is 458 g/mol. The number of aryl methyl sites for hydroxylation is 2. The molecule has 0 N–H and O–H groups in total. The first-order valence-electron chi connectivity index (χ1n) is 11.7. The summed E-state index contributed by atoms with van der Waals surface area (Å²) in [6.45, 7) is 6.96. The quantitative estimate of drug-likeness (QED) is 0.366. The molecule has 3 aromatic heterocycles. The molecule has 184 valence electrons. The predicted octanol–water partition coefficient (Wildman–Crippen LogP) is 4.88. The van der Waals surface area contributed by atoms with E-state index in [-0.39, 0.29) is 23.3 Å². The van der Waals surface area contributed by atoms with Gasteiger partial charge in [0.25, 0.3) is 18.1 Å². The van der Waals surface area contributed by atoms with Crippen LogP contribution in [0.5, 0.6) is 0 Å². The van der Waals surface area contributed by atoms with Gasteiger partial charge in [-0.25, -0.2) is 18.3 Å². The summed E-state index contributed by atoms with van der Waals surface area (Å²) in [5.41, 5.74) is 2.60. The Hall–Kier alpha value is -2.62. The number of amides is 1. The number of nitrogens with zero attached hydrogens (tertiary/aromatic N) is 6. The zero-order valence-corrected chi connectivity index (χ0v) is 20.8. The van der Waals surface area contributed by atoms with E-state index in [4.69, 9.17) is 0 Å². The van der Waals surface area contributed by atoms with Gasteiger partial charge < -0.3 is 4.90 Å². The first-order chi connectivity index (χ1) is 16.3. The number of carbonyl (C=O) groups excluding carboxylic acids is 1. The monoisotopic (exact) mass is 490 g/mol. The highest BCUT2D eigenvalue weighted by Gasteiger charge is 2.21. The largest absolute Gasteiger partial charge is 0.338 e. The van der Waals surface area contributed by atoms with Gasteiger partial charge in [0.1, 0.15) is 12.0 Å². The molecule has 0 aliphatic rings. The summed E-state index contributed by atoms with van der Waals surface area (Å²) in [4.78, 5) is 27.3. The SMILES string of the molecule is CCCC[C@@H](CCN(CCS)C(=O)c1cc(C)nc(C)c1)Cc1cc(C(F)F)nc2ncnn12. The van der Waals surface area contributed by atoms with E-state index in [0.29, 0.717) is 36.5 Å². The molecule has 7 nitrogen and oxygen atoms in total. The fourth-order valence-corrected chi connectivity index (χ4v) is 4.44. The number of fused-ring (bicyclic) bond motifs is 1. The second-order valence-corrected chi connectivity index (χ2v) is 9.05. The molecule has 0 bridgehead atoms. The van der Waals surface area contributed by atoms with Crippen molar-refractivity contribution >= 4 is 24.3 Å². The number of unbranched alkanes of at least 4 members (excludes halogenated alkanes) is 1. The molecule has 0 saturated heterocycles. The van der Waals surface area contributed by atoms with Crippen molar-refractivity contribution in [3.63, 3.8) is 0 Å². The number of aromatic nitrogens is 5. The molecule has 3 heterocycles. The predicted molar refractivity (Wildman–Crippen MR) is 131 cm³/mol. The Bertz CT molecular complexity index is 1090. The van der Waals surface area contributed by atoms with Gasteiger partial charge in [0, 0.05) is 41.5 Å². The fourth-order valence-electron chi connectivity index (χ4n) is 4.20. The highest BCUT2D eigenvalue weighted by atomic mass is 32.1. The van der Waals surface area contributed by atoms with Crippen LogP contribution in [-0.2, 0) is 6.42 Å². The molecule has 1 amide bonds. The summed E-state index contributed by atoms with van der Waals surface area (Å²) in [7, 11) is 0. The lowest BCUT2D eigenvalue weighted by Crippen LogP contribution is -2.35. The highest BCUT2D eigenvalue weighted by molar-refractivity contribution is 7.80. The highest BCUT2D eigenvalue weighted by Crippen LogP contribution is 2.24. The van der Waals surface area contributed by atoms with Crippen LogP contribution in [0.4, 0.5) is 8.78 Å². The fraction of sp³-hybridized carbons (Fsp3) is 0.542. The van der Waals surface area contributed by atoms with E-state index in [9.17, 15) is 13.6 Å². The Kier molecular flexibility index (Phi) is 9.32. The topological polar surface area (TPSA) is 76.3 Å². The summed E-state index contributed by atoms with van der Waals surface area (Å²) in [6, 6.07) is 5.03. The van der Waals surface area contributed by atoms with E-state index in [2.05, 4.69) is 39.6 Å². The first kappa shape index (κ1) is 26.0. The molecule has 34 heavy (non-hydrogen) atoms. The van der Waals surface area contributed by atoms with Crippen LogP contribution >= 0.6 is 12.6 Å². The van der Waals surface area contributed by atoms with Crippen LogP contribution in [0, 0.1) is 19.8 Å². The van der Waals surface area contributed by atoms with Gasteiger partial charge >= 0.3 is 0 Å². The van der Waals surface area contributed by atoms with Crippen LogP contribution in [0.3, 0.4) is 0 Å². The standard InChI is InChI=1S/C24H32F2N6OS/c1-4-5-6-18(13-20-14-21(22(25)26)30-24-27-15-28-32(20)24)7-8-31(9-10-34)23(33)19-11-16(2)29-17(3)12-19/h11-12,14-15,18,22,34H,4-10,13H2,1-3H3/t18-/m0/s1. The Morgan fingerprint density at radius 3 is 2.50 bits per heavy atom. The van der Waals surface area contributed by atoms with Gasteiger partial charge in [0.05, 0.1) is 0 Å². The minimum Gasteiger partial charge on any atom is -0.338 e. The zero-order chi connectivity index (χ0) is 24.7. The van der Waals surface area contributed by atoms with E-state index >= 15 is 0 Å². The molecule has 0 radical (unpaired) electrons. The first-order valence-corrected chi connectivity index (χ1v) is 12.3. The number of alkyl halides is 2. The van der Waals surface area contributed by atoms with Crippen LogP contribution in [-0.4, -0.2) is 54.2 Å². The van der Waals surface area contributed by atoms with Crippen molar-refractivity contribution in [2.24, 2.45) is 5.92 Å². The van der Waals surface area contributed by atoms with Crippen LogP contribution in [0.1, 0.15) is 72.2 Å². The maximum atomic E-state index is 13.4. The van der Waals surface area contributed by atoms with E-state index in [0.717, 1.165) is 37.1 Å². The van der Waals surface area contributed by atoms with Gasteiger partial charge in [-0.3, -0.25) is 9.78 Å². The molecule has 0 spiro atoms. The van der Waals surface area contributed by atoms with Crippen LogP contribution in [0.2, 0.25) is 0 Å². The summed E-state index contributed by atoms with van der Waals surface area (Å²) < 4.78 is 28.3. The molecule has 0 aliphatic heterocycles. The number of carbonyl (C=O) groups is 1. The van der Waals surface area contributed by atoms with E-state index in [1.165, 1.54) is 16.9 Å². The van der Waals surface area contributed by atoms with E-state index in [1.807, 2.05) is 18.7 Å². The Morgan fingerprint density at radius 2 is 1.85 bits per heavy atom. The molecular formula is C24H32F2N6OS. The van der Waals surface area contributed by atoms with Crippen molar-refractivity contribution in [2.45, 2.75) is 59.3 Å². The number of pyridine rings is 1. The van der Waals surface area contributed by atoms with Crippen molar-refractivity contribution in [1.82, 2.24) is 29.5 Å². The second kappa shape index (κ2) is 12.2. The normalized spacial score (nSPS) is 12.4. The second-order valence-electron chi connectivity index (χ2n) is 8.60. The Morgan fingerprint density at radius 1 is 1.12 bits per heavy atom. The molecule has 1 atom stereocenters. The third kappa shape index (κ3) is 6.71. The minimum absolute atomic E-state index is 0.0422. The van der Waals surface area contributed by atoms with Crippen LogP contribution in [0.15, 0.2) is 24.5 Å². The Labute approximate surface area is 204 Å². The van der Waals surface area contributed by atoms with Crippen molar-refractivity contribution in [1.29, 1.82) is 0 Å². The molecule has 0 aliphatic carbocycles. The molecule has 3 aromatic rings. The zero-order valence-electron chi connectivity index (χ0n) is 19.9. The van der Waals surface area contributed by atoms with Gasteiger partial charge in [-0.15, -0.1) is 0 Å². The van der Waals surface area contributed by atoms with Gasteiger partial charge in [-0.2, -0.15) is 22.7 Å². The Balaban J connectivity index is 1.79. The summed E-state index contributed by atoms with van der Waals surface area (Å²) in [5.74, 6) is 0.879. The third-order valence-corrected chi connectivity index (χ3v) is 6.03. The van der Waals surface area contributed by atoms with Gasteiger partial charge in [-0.1, -0.05) is 26.2 Å². The molecule has 3 rings (SSSR count). The van der Waals surface area contributed by atoms with Gasteiger partial charge in [-0.05, 0) is 50.8 Å². The van der Waals surface area contributed by atoms with Crippen molar-refractivity contribution < 1.29 is 13.6 Å². The minimum atomic E-state index is -2.68. The molecule has 10 heteroatoms. The van der Waals surface area contributed by atoms with Gasteiger partial charge in [0.15, 0.2) is 0 Å². The maximum Gasteiger partial charge on any atom is 0.280 e. The lowest BCUT2D eigenvalue weighted by molar-refractivity contribution is 0.0755. The summed E-state index contributed by atoms with van der Waals surface area (Å²) in [6.07, 6.45) is 2.92. The van der Waals surface area contributed by atoms with Gasteiger partial charge in [0.2, 0.25) is 0 Å². The van der Waals surface area contributed by atoms with Crippen molar-refractivity contribution in [3.05, 3.63) is 52.9 Å². The number of rotatable bonds is 12.